The molecule has 4 rings (SSSR count). The van der Waals surface area contributed by atoms with Crippen molar-refractivity contribution in [2.45, 2.75) is 12.8 Å². The van der Waals surface area contributed by atoms with Crippen molar-refractivity contribution in [1.82, 2.24) is 9.59 Å². The molecule has 2 heterocycles. The van der Waals surface area contributed by atoms with Crippen molar-refractivity contribution in [3.8, 4) is 16.2 Å². The van der Waals surface area contributed by atoms with E-state index in [0.29, 0.717) is 12.2 Å². The number of nitrogens with zero attached hydrogens (tertiary/aromatic N) is 2. The first-order chi connectivity index (χ1) is 11.8. The number of rotatable bonds is 4. The van der Waals surface area contributed by atoms with E-state index in [4.69, 9.17) is 4.74 Å². The van der Waals surface area contributed by atoms with Gasteiger partial charge < -0.3 is 10.1 Å². The normalized spacial score (nSPS) is 12.5. The number of fused-ring (bicyclic) bond motifs is 1. The van der Waals surface area contributed by atoms with Gasteiger partial charge in [0.25, 0.3) is 0 Å². The lowest BCUT2D eigenvalue weighted by Crippen LogP contribution is -2.15. The van der Waals surface area contributed by atoms with Crippen LogP contribution in [0, 0.1) is 0 Å². The molecular weight excluding hydrogens is 322 g/mol. The highest BCUT2D eigenvalue weighted by atomic mass is 32.1. The Morgan fingerprint density at radius 1 is 1.21 bits per heavy atom. The fraction of sp³-hybridized carbons (Fsp3) is 0.167. The number of ether oxygens (including phenoxy) is 1. The lowest BCUT2D eigenvalue weighted by Gasteiger charge is -2.06. The summed E-state index contributed by atoms with van der Waals surface area (Å²) >= 11 is 1.27. The molecule has 24 heavy (non-hydrogen) atoms. The Bertz CT molecular complexity index is 877. The number of hydrogen-bond acceptors (Lipinski definition) is 5. The van der Waals surface area contributed by atoms with Gasteiger partial charge in [0, 0.05) is 6.42 Å². The quantitative estimate of drug-likeness (QED) is 0.793. The smallest absolute Gasteiger partial charge is 0.230 e. The van der Waals surface area contributed by atoms with Crippen LogP contribution in [0.3, 0.4) is 0 Å². The van der Waals surface area contributed by atoms with Crippen LogP contribution in [0.1, 0.15) is 11.1 Å². The monoisotopic (exact) mass is 337 g/mol. The lowest BCUT2D eigenvalue weighted by molar-refractivity contribution is -0.115. The van der Waals surface area contributed by atoms with Gasteiger partial charge in [0.05, 0.1) is 17.9 Å². The fourth-order valence-corrected chi connectivity index (χ4v) is 3.39. The van der Waals surface area contributed by atoms with Crippen LogP contribution in [-0.4, -0.2) is 22.1 Å². The Balaban J connectivity index is 1.48. The maximum Gasteiger partial charge on any atom is 0.230 e. The van der Waals surface area contributed by atoms with Gasteiger partial charge in [0.1, 0.15) is 5.75 Å². The lowest BCUT2D eigenvalue weighted by atomic mass is 10.1. The summed E-state index contributed by atoms with van der Waals surface area (Å²) in [6.45, 7) is 0.718. The average molecular weight is 337 g/mol. The zero-order valence-corrected chi connectivity index (χ0v) is 13.7. The summed E-state index contributed by atoms with van der Waals surface area (Å²) in [6.07, 6.45) is 1.21. The minimum Gasteiger partial charge on any atom is -0.493 e. The summed E-state index contributed by atoms with van der Waals surface area (Å²) in [5.74, 6) is 1.34. The number of hydrogen-bond donors (Lipinski definition) is 1. The molecule has 0 radical (unpaired) electrons. The van der Waals surface area contributed by atoms with Crippen molar-refractivity contribution in [2.24, 2.45) is 0 Å². The van der Waals surface area contributed by atoms with Crippen molar-refractivity contribution in [3.05, 3.63) is 59.7 Å². The topological polar surface area (TPSA) is 64.1 Å². The molecule has 5 nitrogen and oxygen atoms in total. The van der Waals surface area contributed by atoms with Gasteiger partial charge in [0.2, 0.25) is 5.91 Å². The Labute approximate surface area is 143 Å². The molecule has 3 aromatic rings. The Morgan fingerprint density at radius 2 is 2.08 bits per heavy atom. The molecule has 0 aliphatic carbocycles. The van der Waals surface area contributed by atoms with Crippen molar-refractivity contribution in [2.75, 3.05) is 11.9 Å². The van der Waals surface area contributed by atoms with Gasteiger partial charge in [-0.05, 0) is 34.3 Å². The van der Waals surface area contributed by atoms with Gasteiger partial charge in [0.15, 0.2) is 5.82 Å². The van der Waals surface area contributed by atoms with Gasteiger partial charge in [-0.25, -0.2) is 0 Å². The highest BCUT2D eigenvalue weighted by Crippen LogP contribution is 2.30. The molecule has 0 unspecified atom stereocenters. The Hall–Kier alpha value is -2.73. The van der Waals surface area contributed by atoms with E-state index >= 15 is 0 Å². The first kappa shape index (κ1) is 14.8. The Morgan fingerprint density at radius 3 is 2.96 bits per heavy atom. The molecular formula is C18H15N3O2S. The molecule has 0 fully saturated rings. The third-order valence-electron chi connectivity index (χ3n) is 3.90. The minimum absolute atomic E-state index is 0.0984. The van der Waals surface area contributed by atoms with Crippen molar-refractivity contribution < 1.29 is 9.53 Å². The summed E-state index contributed by atoms with van der Waals surface area (Å²) in [6, 6.07) is 15.7. The van der Waals surface area contributed by atoms with Crippen LogP contribution in [0.5, 0.6) is 5.75 Å². The van der Waals surface area contributed by atoms with Crippen molar-refractivity contribution in [3.63, 3.8) is 0 Å². The number of aromatic nitrogens is 2. The second-order valence-corrected chi connectivity index (χ2v) is 6.34. The minimum atomic E-state index is -0.0984. The summed E-state index contributed by atoms with van der Waals surface area (Å²) < 4.78 is 9.46. The number of anilines is 1. The van der Waals surface area contributed by atoms with Gasteiger partial charge >= 0.3 is 0 Å². The van der Waals surface area contributed by atoms with E-state index in [0.717, 1.165) is 34.8 Å². The van der Waals surface area contributed by atoms with E-state index in [2.05, 4.69) is 14.9 Å². The summed E-state index contributed by atoms with van der Waals surface area (Å²) in [5, 5.41) is 6.92. The number of carbonyl (C=O) groups excluding carboxylic acids is 1. The molecule has 0 saturated carbocycles. The first-order valence-corrected chi connectivity index (χ1v) is 8.49. The van der Waals surface area contributed by atoms with Crippen LogP contribution in [0.2, 0.25) is 0 Å². The van der Waals surface area contributed by atoms with E-state index < -0.39 is 0 Å². The highest BCUT2D eigenvalue weighted by molar-refractivity contribution is 7.10. The van der Waals surface area contributed by atoms with Crippen LogP contribution in [-0.2, 0) is 17.6 Å². The Kier molecular flexibility index (Phi) is 3.96. The second-order valence-electron chi connectivity index (χ2n) is 5.58. The van der Waals surface area contributed by atoms with Crippen LogP contribution in [0.4, 0.5) is 5.82 Å². The summed E-state index contributed by atoms with van der Waals surface area (Å²) in [4.78, 5) is 13.2. The van der Waals surface area contributed by atoms with E-state index in [-0.39, 0.29) is 5.91 Å². The number of nitrogens with one attached hydrogen (secondary N) is 1. The fourth-order valence-electron chi connectivity index (χ4n) is 2.76. The maximum absolute atomic E-state index is 12.4. The van der Waals surface area contributed by atoms with Gasteiger partial charge in [-0.3, -0.25) is 4.79 Å². The molecule has 2 aromatic carbocycles. The first-order valence-electron chi connectivity index (χ1n) is 7.72. The molecule has 0 atom stereocenters. The number of amides is 1. The maximum atomic E-state index is 12.4. The summed E-state index contributed by atoms with van der Waals surface area (Å²) in [5.41, 5.74) is 3.14. The third kappa shape index (κ3) is 3.00. The van der Waals surface area contributed by atoms with Crippen LogP contribution < -0.4 is 10.1 Å². The predicted molar refractivity (Wildman–Crippen MR) is 93.3 cm³/mol. The molecule has 120 valence electrons. The van der Waals surface area contributed by atoms with Crippen molar-refractivity contribution in [1.29, 1.82) is 0 Å². The predicted octanol–water partition coefficient (Wildman–Crippen LogP) is 3.32. The second kappa shape index (κ2) is 6.41. The molecule has 1 aromatic heterocycles. The van der Waals surface area contributed by atoms with Gasteiger partial charge in [-0.1, -0.05) is 47.0 Å². The molecule has 6 heteroatoms. The largest absolute Gasteiger partial charge is 0.493 e. The van der Waals surface area contributed by atoms with Crippen molar-refractivity contribution >= 4 is 23.3 Å². The zero-order valence-electron chi connectivity index (χ0n) is 12.9. The zero-order chi connectivity index (χ0) is 16.4. The van der Waals surface area contributed by atoms with Crippen LogP contribution >= 0.6 is 11.5 Å². The molecule has 0 spiro atoms. The van der Waals surface area contributed by atoms with Gasteiger partial charge in [-0.15, -0.1) is 5.10 Å². The van der Waals surface area contributed by atoms with E-state index in [1.807, 2.05) is 48.5 Å². The number of carbonyl (C=O) groups is 1. The van der Waals surface area contributed by atoms with E-state index in [1.54, 1.807) is 0 Å². The molecule has 1 aliphatic heterocycles. The SMILES string of the molecule is O=C(Cc1ccc2c(c1)CCO2)Nc1nnsc1-c1ccccc1. The van der Waals surface area contributed by atoms with Gasteiger partial charge in [-0.2, -0.15) is 0 Å². The van der Waals surface area contributed by atoms with E-state index in [9.17, 15) is 4.79 Å². The third-order valence-corrected chi connectivity index (χ3v) is 4.68. The molecule has 1 aliphatic rings. The molecule has 0 bridgehead atoms. The standard InChI is InChI=1S/C18H15N3O2S/c22-16(11-12-6-7-15-14(10-12)8-9-23-15)19-18-17(24-21-20-18)13-4-2-1-3-5-13/h1-7,10H,8-9,11H2,(H,19,22). The average Bonchev–Trinajstić information content (AvgIpc) is 3.24. The van der Waals surface area contributed by atoms with E-state index in [1.165, 1.54) is 17.1 Å². The van der Waals surface area contributed by atoms with Crippen LogP contribution in [0.15, 0.2) is 48.5 Å². The highest BCUT2D eigenvalue weighted by Gasteiger charge is 2.16. The molecule has 1 N–H and O–H groups in total. The summed E-state index contributed by atoms with van der Waals surface area (Å²) in [7, 11) is 0. The molecule has 1 amide bonds. The number of benzene rings is 2. The molecule has 0 saturated heterocycles. The van der Waals surface area contributed by atoms with Crippen LogP contribution in [0.25, 0.3) is 10.4 Å².